The second-order valence-corrected chi connectivity index (χ2v) is 2.49. The van der Waals surface area contributed by atoms with E-state index in [9.17, 15) is 4.79 Å². The molecule has 0 aromatic rings. The average molecular weight is 128 g/mol. The summed E-state index contributed by atoms with van der Waals surface area (Å²) in [6, 6.07) is 0. The summed E-state index contributed by atoms with van der Waals surface area (Å²) in [5.74, 6) is 0. The molecule has 0 aromatic heterocycles. The van der Waals surface area contributed by atoms with Gasteiger partial charge in [-0.2, -0.15) is 0 Å². The van der Waals surface area contributed by atoms with Gasteiger partial charge >= 0.3 is 0 Å². The molecule has 3 nitrogen and oxygen atoms in total. The molecule has 1 saturated heterocycles. The molecule has 3 heteroatoms. The zero-order valence-electron chi connectivity index (χ0n) is 5.71. The molecule has 1 aliphatic heterocycles. The number of rotatable bonds is 1. The summed E-state index contributed by atoms with van der Waals surface area (Å²) in [7, 11) is 2.02. The average Bonchev–Trinajstić information content (AvgIpc) is 1.88. The van der Waals surface area contributed by atoms with Crippen LogP contribution in [-0.4, -0.2) is 43.0 Å². The molecule has 0 radical (unpaired) electrons. The molecule has 0 N–H and O–H groups in total. The molecular formula is C6H12N2O. The van der Waals surface area contributed by atoms with Gasteiger partial charge in [0.25, 0.3) is 0 Å². The fraction of sp³-hybridized carbons (Fsp3) is 0.833. The van der Waals surface area contributed by atoms with Crippen LogP contribution in [0.3, 0.4) is 0 Å². The van der Waals surface area contributed by atoms with Gasteiger partial charge < -0.3 is 4.90 Å². The minimum absolute atomic E-state index is 0.795. The minimum Gasteiger partial charge on any atom is -0.332 e. The van der Waals surface area contributed by atoms with E-state index in [2.05, 4.69) is 4.90 Å². The number of nitrogens with zero attached hydrogens (tertiary/aromatic N) is 2. The third kappa shape index (κ3) is 1.68. The van der Waals surface area contributed by atoms with E-state index in [0.717, 1.165) is 32.6 Å². The lowest BCUT2D eigenvalue weighted by atomic mass is 10.3. The predicted octanol–water partition coefficient (Wildman–Crippen LogP) is -0.262. The molecule has 0 bridgehead atoms. The lowest BCUT2D eigenvalue weighted by Gasteiger charge is -2.29. The van der Waals surface area contributed by atoms with Gasteiger partial charge in [-0.1, -0.05) is 0 Å². The van der Waals surface area contributed by atoms with Gasteiger partial charge in [0.2, 0.25) is 6.41 Å². The first-order valence-corrected chi connectivity index (χ1v) is 3.21. The first-order chi connectivity index (χ1) is 4.33. The quantitative estimate of drug-likeness (QED) is 0.454. The third-order valence-corrected chi connectivity index (χ3v) is 1.56. The van der Waals surface area contributed by atoms with Gasteiger partial charge in [-0.25, -0.2) is 0 Å². The molecule has 0 aliphatic carbocycles. The summed E-state index contributed by atoms with van der Waals surface area (Å²) >= 11 is 0. The van der Waals surface area contributed by atoms with Crippen LogP contribution in [0.1, 0.15) is 6.42 Å². The van der Waals surface area contributed by atoms with Crippen LogP contribution < -0.4 is 0 Å². The highest BCUT2D eigenvalue weighted by Crippen LogP contribution is 1.99. The number of amides is 1. The standard InChI is InChI=1S/C6H12N2O/c1-7-3-2-4-8(5-7)6-9/h6H,2-5H2,1H3. The third-order valence-electron chi connectivity index (χ3n) is 1.56. The van der Waals surface area contributed by atoms with Crippen molar-refractivity contribution in [1.82, 2.24) is 9.80 Å². The number of carbonyl (C=O) groups excluding carboxylic acids is 1. The highest BCUT2D eigenvalue weighted by Gasteiger charge is 2.10. The highest BCUT2D eigenvalue weighted by atomic mass is 16.1. The van der Waals surface area contributed by atoms with Gasteiger partial charge in [0.15, 0.2) is 0 Å². The van der Waals surface area contributed by atoms with E-state index < -0.39 is 0 Å². The van der Waals surface area contributed by atoms with Crippen LogP contribution in [0.5, 0.6) is 0 Å². The van der Waals surface area contributed by atoms with Crippen molar-refractivity contribution in [2.24, 2.45) is 0 Å². The molecule has 0 atom stereocenters. The lowest BCUT2D eigenvalue weighted by Crippen LogP contribution is -2.41. The molecule has 9 heavy (non-hydrogen) atoms. The molecule has 0 saturated carbocycles. The van der Waals surface area contributed by atoms with Gasteiger partial charge in [-0.05, 0) is 13.5 Å². The molecule has 1 rings (SSSR count). The summed E-state index contributed by atoms with van der Waals surface area (Å²) in [6.45, 7) is 2.84. The maximum absolute atomic E-state index is 10.2. The SMILES string of the molecule is CN1CCCN(C=O)C1. The molecule has 1 amide bonds. The van der Waals surface area contributed by atoms with Gasteiger partial charge in [-0.15, -0.1) is 0 Å². The summed E-state index contributed by atoms with van der Waals surface area (Å²) in [4.78, 5) is 14.1. The van der Waals surface area contributed by atoms with Crippen molar-refractivity contribution in [3.05, 3.63) is 0 Å². The zero-order chi connectivity index (χ0) is 6.69. The Morgan fingerprint density at radius 3 is 2.67 bits per heavy atom. The van der Waals surface area contributed by atoms with Gasteiger partial charge in [0.1, 0.15) is 0 Å². The largest absolute Gasteiger partial charge is 0.332 e. The second-order valence-electron chi connectivity index (χ2n) is 2.49. The number of hydrogen-bond donors (Lipinski definition) is 0. The Hall–Kier alpha value is -0.570. The topological polar surface area (TPSA) is 23.6 Å². The van der Waals surface area contributed by atoms with E-state index in [1.807, 2.05) is 7.05 Å². The van der Waals surface area contributed by atoms with Crippen LogP contribution >= 0.6 is 0 Å². The highest BCUT2D eigenvalue weighted by molar-refractivity contribution is 5.46. The lowest BCUT2D eigenvalue weighted by molar-refractivity contribution is -0.121. The van der Waals surface area contributed by atoms with Crippen LogP contribution in [0.2, 0.25) is 0 Å². The molecule has 0 aromatic carbocycles. The summed E-state index contributed by atoms with van der Waals surface area (Å²) in [5, 5.41) is 0. The molecule has 1 heterocycles. The normalized spacial score (nSPS) is 22.1. The van der Waals surface area contributed by atoms with Crippen molar-refractivity contribution in [1.29, 1.82) is 0 Å². The number of carbonyl (C=O) groups is 1. The summed E-state index contributed by atoms with van der Waals surface area (Å²) in [5.41, 5.74) is 0. The molecule has 0 unspecified atom stereocenters. The van der Waals surface area contributed by atoms with E-state index in [4.69, 9.17) is 0 Å². The van der Waals surface area contributed by atoms with Crippen LogP contribution in [0.15, 0.2) is 0 Å². The fourth-order valence-corrected chi connectivity index (χ4v) is 1.08. The molecule has 1 aliphatic rings. The minimum atomic E-state index is 0.795. The zero-order valence-corrected chi connectivity index (χ0v) is 5.71. The van der Waals surface area contributed by atoms with Gasteiger partial charge in [0.05, 0.1) is 6.67 Å². The van der Waals surface area contributed by atoms with Crippen molar-refractivity contribution in [3.63, 3.8) is 0 Å². The van der Waals surface area contributed by atoms with Gasteiger partial charge in [0, 0.05) is 13.1 Å². The Labute approximate surface area is 55.2 Å². The van der Waals surface area contributed by atoms with E-state index in [1.54, 1.807) is 4.90 Å². The van der Waals surface area contributed by atoms with Crippen molar-refractivity contribution < 1.29 is 4.79 Å². The van der Waals surface area contributed by atoms with E-state index in [0.29, 0.717) is 0 Å². The van der Waals surface area contributed by atoms with Crippen LogP contribution in [0.4, 0.5) is 0 Å². The van der Waals surface area contributed by atoms with Crippen molar-refractivity contribution >= 4 is 6.41 Å². The Balaban J connectivity index is 2.31. The fourth-order valence-electron chi connectivity index (χ4n) is 1.08. The van der Waals surface area contributed by atoms with Crippen LogP contribution in [0, 0.1) is 0 Å². The Morgan fingerprint density at radius 1 is 1.44 bits per heavy atom. The van der Waals surface area contributed by atoms with Crippen molar-refractivity contribution in [2.45, 2.75) is 6.42 Å². The Bertz CT molecular complexity index is 105. The predicted molar refractivity (Wildman–Crippen MR) is 34.9 cm³/mol. The molecular weight excluding hydrogens is 116 g/mol. The molecule has 52 valence electrons. The van der Waals surface area contributed by atoms with Crippen LogP contribution in [-0.2, 0) is 4.79 Å². The maximum atomic E-state index is 10.2. The summed E-state index contributed by atoms with van der Waals surface area (Å²) < 4.78 is 0. The first kappa shape index (κ1) is 6.55. The van der Waals surface area contributed by atoms with Gasteiger partial charge in [-0.3, -0.25) is 9.69 Å². The van der Waals surface area contributed by atoms with Crippen molar-refractivity contribution in [2.75, 3.05) is 26.8 Å². The smallest absolute Gasteiger partial charge is 0.210 e. The monoisotopic (exact) mass is 128 g/mol. The van der Waals surface area contributed by atoms with E-state index >= 15 is 0 Å². The molecule has 0 spiro atoms. The first-order valence-electron chi connectivity index (χ1n) is 3.21. The van der Waals surface area contributed by atoms with Crippen LogP contribution in [0.25, 0.3) is 0 Å². The number of hydrogen-bond acceptors (Lipinski definition) is 2. The summed E-state index contributed by atoms with van der Waals surface area (Å²) in [6.07, 6.45) is 2.02. The second kappa shape index (κ2) is 2.82. The Morgan fingerprint density at radius 2 is 2.22 bits per heavy atom. The van der Waals surface area contributed by atoms with E-state index in [-0.39, 0.29) is 0 Å². The maximum Gasteiger partial charge on any atom is 0.210 e. The van der Waals surface area contributed by atoms with E-state index in [1.165, 1.54) is 0 Å². The molecule has 1 fully saturated rings. The van der Waals surface area contributed by atoms with Crippen molar-refractivity contribution in [3.8, 4) is 0 Å². The Kier molecular flexibility index (Phi) is 2.05.